The van der Waals surface area contributed by atoms with Gasteiger partial charge in [-0.1, -0.05) is 78.9 Å². The lowest BCUT2D eigenvalue weighted by Crippen LogP contribution is -2.41. The second kappa shape index (κ2) is 9.00. The summed E-state index contributed by atoms with van der Waals surface area (Å²) in [5.74, 6) is -3.52. The Labute approximate surface area is 214 Å². The van der Waals surface area contributed by atoms with Crippen molar-refractivity contribution in [2.45, 2.75) is 24.8 Å². The van der Waals surface area contributed by atoms with Crippen LogP contribution in [0.25, 0.3) is 0 Å². The highest BCUT2D eigenvalue weighted by Gasteiger charge is 2.61. The summed E-state index contributed by atoms with van der Waals surface area (Å²) in [6.07, 6.45) is 0. The zero-order chi connectivity index (χ0) is 25.7. The Balaban J connectivity index is 1.16. The molecule has 3 aromatic carbocycles. The second-order valence-electron chi connectivity index (χ2n) is 9.89. The van der Waals surface area contributed by atoms with Crippen molar-refractivity contribution in [1.82, 2.24) is 10.2 Å². The molecule has 1 saturated heterocycles. The van der Waals surface area contributed by atoms with Crippen molar-refractivity contribution in [3.8, 4) is 0 Å². The quantitative estimate of drug-likeness (QED) is 0.419. The fourth-order valence-electron chi connectivity index (χ4n) is 6.32. The lowest BCUT2D eigenvalue weighted by atomic mass is 9.55. The third kappa shape index (κ3) is 3.73. The Bertz CT molecular complexity index is 1300. The molecule has 7 heteroatoms. The molecule has 3 aliphatic carbocycles. The number of benzene rings is 3. The molecular weight excluding hydrogens is 468 g/mol. The summed E-state index contributed by atoms with van der Waals surface area (Å²) in [6.45, 7) is 0.849. The maximum Gasteiger partial charge on any atom is 0.326 e. The van der Waals surface area contributed by atoms with Gasteiger partial charge in [-0.05, 0) is 34.7 Å². The Morgan fingerprint density at radius 1 is 0.784 bits per heavy atom. The summed E-state index contributed by atoms with van der Waals surface area (Å²) in [7, 11) is 0. The molecule has 37 heavy (non-hydrogen) atoms. The molecule has 3 aromatic rings. The summed E-state index contributed by atoms with van der Waals surface area (Å²) in [5, 5.41) is 2.78. The maximum absolute atomic E-state index is 13.6. The topological polar surface area (TPSA) is 92.8 Å². The summed E-state index contributed by atoms with van der Waals surface area (Å²) in [6, 6.07) is 25.1. The molecule has 1 heterocycles. The van der Waals surface area contributed by atoms with Gasteiger partial charge >= 0.3 is 5.97 Å². The largest absolute Gasteiger partial charge is 0.454 e. The number of carbonyl (C=O) groups excluding carboxylic acids is 4. The van der Waals surface area contributed by atoms with E-state index in [9.17, 15) is 19.2 Å². The highest BCUT2D eigenvalue weighted by molar-refractivity contribution is 6.09. The molecule has 1 aliphatic heterocycles. The van der Waals surface area contributed by atoms with Gasteiger partial charge in [0.05, 0.1) is 17.9 Å². The Hall–Kier alpha value is -4.26. The fraction of sp³-hybridized carbons (Fsp3) is 0.267. The van der Waals surface area contributed by atoms with Crippen LogP contribution in [0, 0.1) is 11.8 Å². The molecule has 0 aromatic heterocycles. The minimum absolute atomic E-state index is 0.231. The number of carbonyl (C=O) groups is 4. The van der Waals surface area contributed by atoms with Crippen LogP contribution >= 0.6 is 0 Å². The van der Waals surface area contributed by atoms with Crippen LogP contribution in [0.3, 0.4) is 0 Å². The number of hydrogen-bond donors (Lipinski definition) is 1. The maximum atomic E-state index is 13.6. The van der Waals surface area contributed by atoms with E-state index < -0.39 is 36.9 Å². The smallest absolute Gasteiger partial charge is 0.326 e. The molecule has 7 rings (SSSR count). The third-order valence-corrected chi connectivity index (χ3v) is 7.87. The number of esters is 1. The number of nitrogens with zero attached hydrogens (tertiary/aromatic N) is 1. The van der Waals surface area contributed by atoms with Crippen LogP contribution in [0.2, 0.25) is 0 Å². The molecule has 0 saturated carbocycles. The molecule has 2 bridgehead atoms. The number of ether oxygens (including phenoxy) is 1. The number of imide groups is 1. The predicted molar refractivity (Wildman–Crippen MR) is 134 cm³/mol. The molecule has 3 amide bonds. The Morgan fingerprint density at radius 3 is 1.73 bits per heavy atom. The van der Waals surface area contributed by atoms with Crippen LogP contribution in [-0.2, 0) is 23.9 Å². The van der Waals surface area contributed by atoms with E-state index in [1.165, 1.54) is 0 Å². The van der Waals surface area contributed by atoms with Gasteiger partial charge in [-0.2, -0.15) is 0 Å². The molecule has 0 radical (unpaired) electrons. The van der Waals surface area contributed by atoms with Crippen LogP contribution in [0.4, 0.5) is 0 Å². The minimum Gasteiger partial charge on any atom is -0.454 e. The van der Waals surface area contributed by atoms with E-state index in [0.29, 0.717) is 0 Å². The molecule has 1 fully saturated rings. The van der Waals surface area contributed by atoms with Gasteiger partial charge in [-0.3, -0.25) is 24.1 Å². The number of hydrogen-bond acceptors (Lipinski definition) is 5. The molecular formula is C30H26N2O5. The van der Waals surface area contributed by atoms with E-state index in [2.05, 4.69) is 5.32 Å². The average molecular weight is 495 g/mol. The van der Waals surface area contributed by atoms with E-state index >= 15 is 0 Å². The first-order chi connectivity index (χ1) is 18.0. The molecule has 3 atom stereocenters. The zero-order valence-electron chi connectivity index (χ0n) is 20.3. The highest BCUT2D eigenvalue weighted by Crippen LogP contribution is 2.60. The van der Waals surface area contributed by atoms with E-state index in [4.69, 9.17) is 4.74 Å². The first kappa shape index (κ1) is 23.2. The molecule has 1 N–H and O–H groups in total. The molecule has 7 nitrogen and oxygen atoms in total. The van der Waals surface area contributed by atoms with Crippen LogP contribution < -0.4 is 5.32 Å². The average Bonchev–Trinajstić information content (AvgIpc) is 3.17. The summed E-state index contributed by atoms with van der Waals surface area (Å²) in [4.78, 5) is 53.1. The van der Waals surface area contributed by atoms with Crippen LogP contribution in [0.15, 0.2) is 78.9 Å². The van der Waals surface area contributed by atoms with Crippen molar-refractivity contribution in [3.05, 3.63) is 107 Å². The zero-order valence-corrected chi connectivity index (χ0v) is 20.3. The van der Waals surface area contributed by atoms with Gasteiger partial charge in [0.2, 0.25) is 11.8 Å². The number of amides is 3. The van der Waals surface area contributed by atoms with Crippen molar-refractivity contribution in [2.24, 2.45) is 11.8 Å². The SMILES string of the molecule is C[C@@H](NC(=O)COC(=O)CN1C(=O)[C@@H]2C3c4ccccc4C(c4ccccc43)[C@@H]2C1=O)c1ccccc1. The standard InChI is InChI=1S/C30H26N2O5/c1-17(18-9-3-2-4-10-18)31-23(33)16-37-24(34)15-32-29(35)27-25-19-11-5-6-12-20(19)26(28(27)30(32)36)22-14-8-7-13-21(22)25/h2-14,17,25-28H,15-16H2,1H3,(H,31,33)/t17-,25?,26?,27-,28+/m1/s1. The van der Waals surface area contributed by atoms with Crippen LogP contribution in [0.1, 0.15) is 52.6 Å². The van der Waals surface area contributed by atoms with Crippen molar-refractivity contribution < 1.29 is 23.9 Å². The molecule has 0 spiro atoms. The second-order valence-corrected chi connectivity index (χ2v) is 9.89. The van der Waals surface area contributed by atoms with Gasteiger partial charge in [-0.15, -0.1) is 0 Å². The van der Waals surface area contributed by atoms with Gasteiger partial charge < -0.3 is 10.1 Å². The normalized spacial score (nSPS) is 23.6. The monoisotopic (exact) mass is 494 g/mol. The van der Waals surface area contributed by atoms with Gasteiger partial charge in [0.1, 0.15) is 6.54 Å². The Kier molecular flexibility index (Phi) is 5.63. The fourth-order valence-corrected chi connectivity index (χ4v) is 6.32. The highest BCUT2D eigenvalue weighted by atomic mass is 16.5. The van der Waals surface area contributed by atoms with Crippen molar-refractivity contribution in [1.29, 1.82) is 0 Å². The first-order valence-corrected chi connectivity index (χ1v) is 12.5. The van der Waals surface area contributed by atoms with Gasteiger partial charge in [0.15, 0.2) is 6.61 Å². The first-order valence-electron chi connectivity index (χ1n) is 12.5. The number of likely N-dealkylation sites (tertiary alicyclic amines) is 1. The Morgan fingerprint density at radius 2 is 1.24 bits per heavy atom. The third-order valence-electron chi connectivity index (χ3n) is 7.87. The van der Waals surface area contributed by atoms with E-state index in [1.807, 2.05) is 85.8 Å². The van der Waals surface area contributed by atoms with Gasteiger partial charge in [0, 0.05) is 11.8 Å². The number of rotatable bonds is 6. The lowest BCUT2D eigenvalue weighted by molar-refractivity contribution is -0.155. The van der Waals surface area contributed by atoms with Crippen molar-refractivity contribution in [3.63, 3.8) is 0 Å². The van der Waals surface area contributed by atoms with Crippen molar-refractivity contribution in [2.75, 3.05) is 13.2 Å². The summed E-state index contributed by atoms with van der Waals surface area (Å²) < 4.78 is 5.15. The summed E-state index contributed by atoms with van der Waals surface area (Å²) >= 11 is 0. The van der Waals surface area contributed by atoms with Crippen molar-refractivity contribution >= 4 is 23.7 Å². The lowest BCUT2D eigenvalue weighted by Gasteiger charge is -2.45. The molecule has 186 valence electrons. The van der Waals surface area contributed by atoms with Crippen LogP contribution in [-0.4, -0.2) is 41.7 Å². The van der Waals surface area contributed by atoms with Gasteiger partial charge in [0.25, 0.3) is 5.91 Å². The molecule has 4 aliphatic rings. The van der Waals surface area contributed by atoms with Gasteiger partial charge in [-0.25, -0.2) is 0 Å². The molecule has 0 unspecified atom stereocenters. The van der Waals surface area contributed by atoms with Crippen LogP contribution in [0.5, 0.6) is 0 Å². The minimum atomic E-state index is -0.787. The van der Waals surface area contributed by atoms with E-state index in [-0.39, 0.29) is 29.7 Å². The predicted octanol–water partition coefficient (Wildman–Crippen LogP) is 3.30. The summed E-state index contributed by atoms with van der Waals surface area (Å²) in [5.41, 5.74) is 5.21. The van der Waals surface area contributed by atoms with E-state index in [0.717, 1.165) is 32.7 Å². The number of nitrogens with one attached hydrogen (secondary N) is 1. The van der Waals surface area contributed by atoms with E-state index in [1.54, 1.807) is 0 Å².